The van der Waals surface area contributed by atoms with Crippen molar-refractivity contribution in [2.75, 3.05) is 31.1 Å². The van der Waals surface area contributed by atoms with E-state index in [1.165, 1.54) is 21.7 Å². The van der Waals surface area contributed by atoms with Gasteiger partial charge in [0, 0.05) is 31.9 Å². The highest BCUT2D eigenvalue weighted by molar-refractivity contribution is 5.65. The number of hydrogen-bond donors (Lipinski definition) is 1. The second-order valence-electron chi connectivity index (χ2n) is 4.60. The minimum absolute atomic E-state index is 0.586. The number of amides is 1. The molecular formula is C13H18N2O2. The normalized spacial score (nSPS) is 16.1. The van der Waals surface area contributed by atoms with E-state index in [1.54, 1.807) is 0 Å². The first-order valence-corrected chi connectivity index (χ1v) is 5.87. The molecule has 1 aromatic carbocycles. The number of carbonyl (C=O) groups is 1. The van der Waals surface area contributed by atoms with Crippen LogP contribution in [0.5, 0.6) is 0 Å². The molecule has 4 nitrogen and oxygen atoms in total. The highest BCUT2D eigenvalue weighted by Gasteiger charge is 2.20. The first-order chi connectivity index (χ1) is 8.06. The molecule has 0 spiro atoms. The van der Waals surface area contributed by atoms with Gasteiger partial charge in [-0.1, -0.05) is 6.07 Å². The predicted octanol–water partition coefficient (Wildman–Crippen LogP) is 2.10. The lowest BCUT2D eigenvalue weighted by atomic mass is 10.1. The highest BCUT2D eigenvalue weighted by atomic mass is 16.4. The van der Waals surface area contributed by atoms with Crippen molar-refractivity contribution < 1.29 is 9.90 Å². The molecule has 1 heterocycles. The van der Waals surface area contributed by atoms with Crippen molar-refractivity contribution >= 4 is 11.8 Å². The van der Waals surface area contributed by atoms with Gasteiger partial charge in [0.2, 0.25) is 0 Å². The van der Waals surface area contributed by atoms with E-state index in [1.807, 2.05) is 0 Å². The number of benzene rings is 1. The maximum atomic E-state index is 10.8. The lowest BCUT2D eigenvalue weighted by molar-refractivity contribution is 0.142. The van der Waals surface area contributed by atoms with Crippen LogP contribution in [-0.2, 0) is 0 Å². The van der Waals surface area contributed by atoms with E-state index in [4.69, 9.17) is 5.11 Å². The fourth-order valence-electron chi connectivity index (χ4n) is 2.29. The summed E-state index contributed by atoms with van der Waals surface area (Å²) in [4.78, 5) is 14.5. The van der Waals surface area contributed by atoms with E-state index in [0.29, 0.717) is 13.1 Å². The lowest BCUT2D eigenvalue weighted by Gasteiger charge is -2.34. The Bertz CT molecular complexity index is 403. The van der Waals surface area contributed by atoms with Gasteiger partial charge < -0.3 is 14.9 Å². The van der Waals surface area contributed by atoms with Gasteiger partial charge in [0.25, 0.3) is 0 Å². The average Bonchev–Trinajstić information content (AvgIpc) is 2.28. The molecule has 0 aromatic heterocycles. The average molecular weight is 234 g/mol. The van der Waals surface area contributed by atoms with Crippen LogP contribution in [0.1, 0.15) is 11.1 Å². The molecule has 2 rings (SSSR count). The summed E-state index contributed by atoms with van der Waals surface area (Å²) in [6, 6.07) is 6.46. The van der Waals surface area contributed by atoms with E-state index < -0.39 is 6.09 Å². The van der Waals surface area contributed by atoms with Crippen molar-refractivity contribution in [3.05, 3.63) is 29.3 Å². The van der Waals surface area contributed by atoms with Crippen LogP contribution in [0.3, 0.4) is 0 Å². The molecule has 92 valence electrons. The summed E-state index contributed by atoms with van der Waals surface area (Å²) in [6.07, 6.45) is -0.815. The van der Waals surface area contributed by atoms with E-state index in [-0.39, 0.29) is 0 Å². The number of nitrogens with zero attached hydrogens (tertiary/aromatic N) is 2. The van der Waals surface area contributed by atoms with Gasteiger partial charge in [-0.25, -0.2) is 4.79 Å². The van der Waals surface area contributed by atoms with Crippen LogP contribution in [0.15, 0.2) is 18.2 Å². The van der Waals surface area contributed by atoms with Gasteiger partial charge in [0.1, 0.15) is 0 Å². The largest absolute Gasteiger partial charge is 0.465 e. The van der Waals surface area contributed by atoms with E-state index in [2.05, 4.69) is 36.9 Å². The van der Waals surface area contributed by atoms with Gasteiger partial charge in [-0.15, -0.1) is 0 Å². The monoisotopic (exact) mass is 234 g/mol. The van der Waals surface area contributed by atoms with Crippen molar-refractivity contribution in [1.29, 1.82) is 0 Å². The second kappa shape index (κ2) is 4.65. The molecule has 1 saturated heterocycles. The van der Waals surface area contributed by atoms with Crippen LogP contribution in [0.4, 0.5) is 10.5 Å². The number of rotatable bonds is 1. The third kappa shape index (κ3) is 2.70. The number of anilines is 1. The van der Waals surface area contributed by atoms with Gasteiger partial charge in [-0.05, 0) is 37.1 Å². The van der Waals surface area contributed by atoms with E-state index >= 15 is 0 Å². The Morgan fingerprint density at radius 1 is 1.06 bits per heavy atom. The van der Waals surface area contributed by atoms with Crippen LogP contribution >= 0.6 is 0 Å². The van der Waals surface area contributed by atoms with E-state index in [0.717, 1.165) is 13.1 Å². The maximum absolute atomic E-state index is 10.8. The fourth-order valence-corrected chi connectivity index (χ4v) is 2.29. The molecule has 0 atom stereocenters. The number of carboxylic acid groups (broad SMARTS) is 1. The smallest absolute Gasteiger partial charge is 0.407 e. The zero-order valence-electron chi connectivity index (χ0n) is 10.3. The molecule has 0 aliphatic carbocycles. The minimum Gasteiger partial charge on any atom is -0.465 e. The van der Waals surface area contributed by atoms with Crippen molar-refractivity contribution in [3.8, 4) is 0 Å². The Balaban J connectivity index is 2.07. The molecule has 1 fully saturated rings. The molecular weight excluding hydrogens is 216 g/mol. The summed E-state index contributed by atoms with van der Waals surface area (Å²) in [5.41, 5.74) is 3.70. The summed E-state index contributed by atoms with van der Waals surface area (Å²) in [7, 11) is 0. The quantitative estimate of drug-likeness (QED) is 0.809. The molecule has 0 saturated carbocycles. The SMILES string of the molecule is Cc1cc(C)cc(N2CCN(C(=O)O)CC2)c1. The van der Waals surface area contributed by atoms with Crippen molar-refractivity contribution in [1.82, 2.24) is 4.90 Å². The summed E-state index contributed by atoms with van der Waals surface area (Å²) >= 11 is 0. The maximum Gasteiger partial charge on any atom is 0.407 e. The molecule has 0 unspecified atom stereocenters. The Morgan fingerprint density at radius 2 is 1.59 bits per heavy atom. The Kier molecular flexibility index (Phi) is 3.22. The van der Waals surface area contributed by atoms with Gasteiger partial charge >= 0.3 is 6.09 Å². The van der Waals surface area contributed by atoms with Crippen molar-refractivity contribution in [2.45, 2.75) is 13.8 Å². The first-order valence-electron chi connectivity index (χ1n) is 5.87. The molecule has 4 heteroatoms. The van der Waals surface area contributed by atoms with Crippen molar-refractivity contribution in [3.63, 3.8) is 0 Å². The Hall–Kier alpha value is -1.71. The molecule has 1 N–H and O–H groups in total. The van der Waals surface area contributed by atoms with Crippen LogP contribution < -0.4 is 4.90 Å². The third-order valence-corrected chi connectivity index (χ3v) is 3.12. The van der Waals surface area contributed by atoms with Crippen LogP contribution in [0, 0.1) is 13.8 Å². The molecule has 1 aliphatic heterocycles. The van der Waals surface area contributed by atoms with Gasteiger partial charge in [0.15, 0.2) is 0 Å². The second-order valence-corrected chi connectivity index (χ2v) is 4.60. The molecule has 1 aromatic rings. The number of hydrogen-bond acceptors (Lipinski definition) is 2. The van der Waals surface area contributed by atoms with Gasteiger partial charge in [-0.2, -0.15) is 0 Å². The highest BCUT2D eigenvalue weighted by Crippen LogP contribution is 2.20. The number of aryl methyl sites for hydroxylation is 2. The fraction of sp³-hybridized carbons (Fsp3) is 0.462. The Labute approximate surface area is 101 Å². The van der Waals surface area contributed by atoms with Gasteiger partial charge in [-0.3, -0.25) is 0 Å². The topological polar surface area (TPSA) is 43.8 Å². The number of piperazine rings is 1. The van der Waals surface area contributed by atoms with Crippen molar-refractivity contribution in [2.24, 2.45) is 0 Å². The third-order valence-electron chi connectivity index (χ3n) is 3.12. The lowest BCUT2D eigenvalue weighted by Crippen LogP contribution is -2.48. The van der Waals surface area contributed by atoms with Crippen LogP contribution in [0.25, 0.3) is 0 Å². The molecule has 1 aliphatic rings. The zero-order chi connectivity index (χ0) is 12.4. The first kappa shape index (κ1) is 11.8. The standard InChI is InChI=1S/C13H18N2O2/c1-10-7-11(2)9-12(8-10)14-3-5-15(6-4-14)13(16)17/h7-9H,3-6H2,1-2H3,(H,16,17). The summed E-state index contributed by atoms with van der Waals surface area (Å²) in [5, 5.41) is 8.89. The molecule has 0 radical (unpaired) electrons. The molecule has 1 amide bonds. The van der Waals surface area contributed by atoms with Crippen LogP contribution in [0.2, 0.25) is 0 Å². The summed E-state index contributed by atoms with van der Waals surface area (Å²) in [5.74, 6) is 0. The van der Waals surface area contributed by atoms with E-state index in [9.17, 15) is 4.79 Å². The van der Waals surface area contributed by atoms with Crippen LogP contribution in [-0.4, -0.2) is 42.3 Å². The summed E-state index contributed by atoms with van der Waals surface area (Å²) < 4.78 is 0. The minimum atomic E-state index is -0.815. The van der Waals surface area contributed by atoms with Gasteiger partial charge in [0.05, 0.1) is 0 Å². The molecule has 17 heavy (non-hydrogen) atoms. The predicted molar refractivity (Wildman–Crippen MR) is 67.7 cm³/mol. The Morgan fingerprint density at radius 3 is 2.06 bits per heavy atom. The molecule has 0 bridgehead atoms. The zero-order valence-corrected chi connectivity index (χ0v) is 10.3. The summed E-state index contributed by atoms with van der Waals surface area (Å²) in [6.45, 7) is 6.89.